The highest BCUT2D eigenvalue weighted by molar-refractivity contribution is 5.80. The van der Waals surface area contributed by atoms with E-state index in [-0.39, 0.29) is 17.4 Å². The van der Waals surface area contributed by atoms with E-state index >= 15 is 0 Å². The number of hydrogen-bond donors (Lipinski definition) is 1. The van der Waals surface area contributed by atoms with Gasteiger partial charge in [-0.2, -0.15) is 0 Å². The van der Waals surface area contributed by atoms with Gasteiger partial charge in [-0.15, -0.1) is 5.10 Å². The molecule has 0 saturated heterocycles. The standard InChI is InChI=1S/C30H31FN6O2/c1-3-28(29-33-34-35-37(29)16-15-21-7-5-4-6-8-21)36(19-22-9-12-25(31)13-10-22)20-24-17-23-11-14-26(39-2)18-27(23)32-30(24)38/h4-14,17-18,28H,3,15-16,19-20H2,1-2H3,(H,32,38)/t28-/m1/s1. The van der Waals surface area contributed by atoms with E-state index < -0.39 is 0 Å². The van der Waals surface area contributed by atoms with Crippen molar-refractivity contribution in [3.05, 3.63) is 118 Å². The van der Waals surface area contributed by atoms with Gasteiger partial charge in [0.1, 0.15) is 11.6 Å². The number of ether oxygens (including phenoxy) is 1. The molecule has 3 aromatic carbocycles. The minimum atomic E-state index is -0.288. The number of nitrogens with one attached hydrogen (secondary N) is 1. The Morgan fingerprint density at radius 3 is 2.54 bits per heavy atom. The van der Waals surface area contributed by atoms with Crippen LogP contribution < -0.4 is 10.3 Å². The van der Waals surface area contributed by atoms with Crippen molar-refractivity contribution < 1.29 is 9.13 Å². The summed E-state index contributed by atoms with van der Waals surface area (Å²) in [5.74, 6) is 1.12. The van der Waals surface area contributed by atoms with Crippen LogP contribution in [0.2, 0.25) is 0 Å². The Hall–Kier alpha value is -4.37. The van der Waals surface area contributed by atoms with Crippen molar-refractivity contribution in [1.82, 2.24) is 30.1 Å². The Morgan fingerprint density at radius 2 is 1.79 bits per heavy atom. The molecule has 9 heteroatoms. The van der Waals surface area contributed by atoms with E-state index in [1.807, 2.05) is 47.1 Å². The SMILES string of the molecule is CC[C@H](c1nnnn1CCc1ccccc1)N(Cc1ccc(F)cc1)Cc1cc2ccc(OC)cc2[nH]c1=O. The quantitative estimate of drug-likeness (QED) is 0.259. The van der Waals surface area contributed by atoms with Gasteiger partial charge in [0.15, 0.2) is 5.82 Å². The van der Waals surface area contributed by atoms with Gasteiger partial charge in [-0.05, 0) is 70.1 Å². The molecule has 0 aliphatic rings. The number of rotatable bonds is 11. The normalized spacial score (nSPS) is 12.2. The molecule has 0 aliphatic carbocycles. The summed E-state index contributed by atoms with van der Waals surface area (Å²) in [6.45, 7) is 3.56. The van der Waals surface area contributed by atoms with Gasteiger partial charge in [0, 0.05) is 31.3 Å². The van der Waals surface area contributed by atoms with Crippen LogP contribution in [0.3, 0.4) is 0 Å². The smallest absolute Gasteiger partial charge is 0.252 e. The third kappa shape index (κ3) is 6.21. The molecule has 200 valence electrons. The molecule has 5 rings (SSSR count). The number of pyridine rings is 1. The minimum Gasteiger partial charge on any atom is -0.497 e. The van der Waals surface area contributed by atoms with Crippen LogP contribution in [0.15, 0.2) is 83.7 Å². The number of benzene rings is 3. The van der Waals surface area contributed by atoms with E-state index in [4.69, 9.17) is 4.74 Å². The number of aromatic nitrogens is 5. The van der Waals surface area contributed by atoms with Crippen LogP contribution in [0.4, 0.5) is 4.39 Å². The van der Waals surface area contributed by atoms with Gasteiger partial charge < -0.3 is 9.72 Å². The van der Waals surface area contributed by atoms with Crippen molar-refractivity contribution >= 4 is 10.9 Å². The number of hydrogen-bond acceptors (Lipinski definition) is 6. The second-order valence-electron chi connectivity index (χ2n) is 9.53. The highest BCUT2D eigenvalue weighted by atomic mass is 19.1. The molecule has 8 nitrogen and oxygen atoms in total. The van der Waals surface area contributed by atoms with Crippen LogP contribution in [-0.4, -0.2) is 37.2 Å². The molecule has 2 heterocycles. The summed E-state index contributed by atoms with van der Waals surface area (Å²) in [5.41, 5.74) is 3.30. The lowest BCUT2D eigenvalue weighted by atomic mass is 10.1. The van der Waals surface area contributed by atoms with Crippen LogP contribution >= 0.6 is 0 Å². The lowest BCUT2D eigenvalue weighted by Gasteiger charge is -2.30. The summed E-state index contributed by atoms with van der Waals surface area (Å²) in [5, 5.41) is 13.6. The van der Waals surface area contributed by atoms with Gasteiger partial charge in [-0.3, -0.25) is 9.69 Å². The van der Waals surface area contributed by atoms with Gasteiger partial charge in [-0.1, -0.05) is 49.4 Å². The van der Waals surface area contributed by atoms with Gasteiger partial charge in [-0.25, -0.2) is 9.07 Å². The first kappa shape index (κ1) is 26.2. The number of aryl methyl sites for hydroxylation is 2. The molecule has 5 aromatic rings. The summed E-state index contributed by atoms with van der Waals surface area (Å²) in [6, 6.07) is 24.0. The summed E-state index contributed by atoms with van der Waals surface area (Å²) in [6.07, 6.45) is 1.51. The Kier molecular flexibility index (Phi) is 8.07. The molecule has 0 unspecified atom stereocenters. The molecule has 0 fully saturated rings. The molecule has 39 heavy (non-hydrogen) atoms. The van der Waals surface area contributed by atoms with Crippen LogP contribution in [0, 0.1) is 5.82 Å². The number of aromatic amines is 1. The van der Waals surface area contributed by atoms with Crippen molar-refractivity contribution in [3.8, 4) is 5.75 Å². The van der Waals surface area contributed by atoms with E-state index in [0.29, 0.717) is 36.5 Å². The fraction of sp³-hybridized carbons (Fsp3) is 0.267. The average molecular weight is 527 g/mol. The van der Waals surface area contributed by atoms with Gasteiger partial charge in [0.25, 0.3) is 5.56 Å². The predicted octanol–water partition coefficient (Wildman–Crippen LogP) is 5.06. The fourth-order valence-corrected chi connectivity index (χ4v) is 4.88. The first-order valence-corrected chi connectivity index (χ1v) is 13.0. The molecule has 1 N–H and O–H groups in total. The fourth-order valence-electron chi connectivity index (χ4n) is 4.88. The van der Waals surface area contributed by atoms with Crippen LogP contribution in [0.1, 0.15) is 41.9 Å². The highest BCUT2D eigenvalue weighted by Gasteiger charge is 2.26. The van der Waals surface area contributed by atoms with E-state index in [9.17, 15) is 9.18 Å². The van der Waals surface area contributed by atoms with Crippen molar-refractivity contribution in [1.29, 1.82) is 0 Å². The molecule has 0 aliphatic heterocycles. The van der Waals surface area contributed by atoms with E-state index in [1.165, 1.54) is 17.7 Å². The summed E-state index contributed by atoms with van der Waals surface area (Å²) >= 11 is 0. The maximum atomic E-state index is 13.7. The molecule has 1 atom stereocenters. The van der Waals surface area contributed by atoms with Crippen molar-refractivity contribution in [2.24, 2.45) is 0 Å². The topological polar surface area (TPSA) is 88.9 Å². The zero-order valence-corrected chi connectivity index (χ0v) is 22.0. The number of nitrogens with zero attached hydrogens (tertiary/aromatic N) is 5. The number of tetrazole rings is 1. The number of halogens is 1. The Morgan fingerprint density at radius 1 is 1.00 bits per heavy atom. The summed E-state index contributed by atoms with van der Waals surface area (Å²) < 4.78 is 20.8. The second-order valence-corrected chi connectivity index (χ2v) is 9.53. The van der Waals surface area contributed by atoms with Crippen molar-refractivity contribution in [3.63, 3.8) is 0 Å². The zero-order valence-electron chi connectivity index (χ0n) is 22.0. The molecule has 0 amide bonds. The zero-order chi connectivity index (χ0) is 27.2. The first-order valence-electron chi connectivity index (χ1n) is 13.0. The third-order valence-corrected chi connectivity index (χ3v) is 6.94. The maximum absolute atomic E-state index is 13.7. The number of methoxy groups -OCH3 is 1. The lowest BCUT2D eigenvalue weighted by molar-refractivity contribution is 0.160. The minimum absolute atomic E-state index is 0.168. The largest absolute Gasteiger partial charge is 0.497 e. The first-order chi connectivity index (χ1) is 19.0. The Balaban J connectivity index is 1.47. The molecule has 0 spiro atoms. The lowest BCUT2D eigenvalue weighted by Crippen LogP contribution is -2.32. The van der Waals surface area contributed by atoms with E-state index in [0.717, 1.165) is 29.6 Å². The Labute approximate surface area is 226 Å². The van der Waals surface area contributed by atoms with Gasteiger partial charge in [0.05, 0.1) is 18.7 Å². The van der Waals surface area contributed by atoms with Gasteiger partial charge >= 0.3 is 0 Å². The number of H-pyrrole nitrogens is 1. The average Bonchev–Trinajstić information content (AvgIpc) is 3.42. The van der Waals surface area contributed by atoms with Crippen molar-refractivity contribution in [2.45, 2.75) is 45.4 Å². The van der Waals surface area contributed by atoms with E-state index in [2.05, 4.69) is 44.5 Å². The molecule has 0 saturated carbocycles. The summed E-state index contributed by atoms with van der Waals surface area (Å²) in [7, 11) is 1.60. The van der Waals surface area contributed by atoms with Crippen LogP contribution in [0.5, 0.6) is 5.75 Å². The van der Waals surface area contributed by atoms with Gasteiger partial charge in [0.2, 0.25) is 0 Å². The number of fused-ring (bicyclic) bond motifs is 1. The monoisotopic (exact) mass is 526 g/mol. The molecule has 0 radical (unpaired) electrons. The van der Waals surface area contributed by atoms with Crippen LogP contribution in [-0.2, 0) is 26.1 Å². The maximum Gasteiger partial charge on any atom is 0.252 e. The van der Waals surface area contributed by atoms with E-state index in [1.54, 1.807) is 19.2 Å². The second kappa shape index (κ2) is 12.0. The molecular weight excluding hydrogens is 495 g/mol. The Bertz CT molecular complexity index is 1580. The molecule has 0 bridgehead atoms. The van der Waals surface area contributed by atoms with Crippen molar-refractivity contribution in [2.75, 3.05) is 7.11 Å². The summed E-state index contributed by atoms with van der Waals surface area (Å²) in [4.78, 5) is 18.3. The molecular formula is C30H31FN6O2. The third-order valence-electron chi connectivity index (χ3n) is 6.94. The highest BCUT2D eigenvalue weighted by Crippen LogP contribution is 2.27. The molecule has 2 aromatic heterocycles. The predicted molar refractivity (Wildman–Crippen MR) is 148 cm³/mol. The van der Waals surface area contributed by atoms with Crippen LogP contribution in [0.25, 0.3) is 10.9 Å².